The molecule has 0 unspecified atom stereocenters. The van der Waals surface area contributed by atoms with Crippen molar-refractivity contribution in [2.75, 3.05) is 11.5 Å². The van der Waals surface area contributed by atoms with Gasteiger partial charge >= 0.3 is 5.97 Å². The molecule has 0 radical (unpaired) electrons. The van der Waals surface area contributed by atoms with Gasteiger partial charge in [0, 0.05) is 5.56 Å². The molecule has 1 aromatic heterocycles. The minimum Gasteiger partial charge on any atom is -0.454 e. The summed E-state index contributed by atoms with van der Waals surface area (Å²) < 4.78 is 5.09. The van der Waals surface area contributed by atoms with Gasteiger partial charge in [-0.2, -0.15) is 0 Å². The van der Waals surface area contributed by atoms with E-state index >= 15 is 0 Å². The molecule has 8 nitrogen and oxygen atoms in total. The summed E-state index contributed by atoms with van der Waals surface area (Å²) in [5.41, 5.74) is 1.76. The summed E-state index contributed by atoms with van der Waals surface area (Å²) in [4.78, 5) is 50.8. The van der Waals surface area contributed by atoms with Gasteiger partial charge in [-0.1, -0.05) is 41.2 Å². The summed E-state index contributed by atoms with van der Waals surface area (Å²) in [6.07, 6.45) is 0. The highest BCUT2D eigenvalue weighted by atomic mass is 32.1. The van der Waals surface area contributed by atoms with Gasteiger partial charge in [0.1, 0.15) is 5.01 Å². The van der Waals surface area contributed by atoms with Crippen LogP contribution < -0.4 is 4.90 Å². The first-order valence-electron chi connectivity index (χ1n) is 8.95. The van der Waals surface area contributed by atoms with Crippen LogP contribution in [0.25, 0.3) is 0 Å². The molecule has 0 aliphatic carbocycles. The molecule has 2 amide bonds. The number of esters is 1. The molecule has 0 spiro atoms. The lowest BCUT2D eigenvalue weighted by Gasteiger charge is -2.07. The fourth-order valence-electron chi connectivity index (χ4n) is 2.96. The minimum atomic E-state index is -0.760. The molecule has 3 aromatic rings. The number of carbonyl (C=O) groups is 4. The average molecular weight is 421 g/mol. The molecule has 4 rings (SSSR count). The lowest BCUT2D eigenvalue weighted by atomic mass is 10.1. The molecule has 2 aromatic carbocycles. The fraction of sp³-hybridized carbons (Fsp3) is 0.143. The monoisotopic (exact) mass is 421 g/mol. The van der Waals surface area contributed by atoms with Crippen LogP contribution in [0.5, 0.6) is 0 Å². The SMILES string of the molecule is Cc1ccc(C(=O)COC(=O)c2ccc3c(c2)C(=O)N(c2nnc(C)s2)C3=O)cc1. The second-order valence-electron chi connectivity index (χ2n) is 6.68. The van der Waals surface area contributed by atoms with E-state index in [9.17, 15) is 19.2 Å². The van der Waals surface area contributed by atoms with E-state index in [0.717, 1.165) is 21.8 Å². The van der Waals surface area contributed by atoms with Gasteiger partial charge in [-0.25, -0.2) is 9.69 Å². The normalized spacial score (nSPS) is 12.8. The fourth-order valence-corrected chi connectivity index (χ4v) is 3.64. The number of carbonyl (C=O) groups excluding carboxylic acids is 4. The molecular weight excluding hydrogens is 406 g/mol. The van der Waals surface area contributed by atoms with Crippen molar-refractivity contribution < 1.29 is 23.9 Å². The first kappa shape index (κ1) is 19.6. The van der Waals surface area contributed by atoms with E-state index in [1.165, 1.54) is 18.2 Å². The Hall–Kier alpha value is -3.72. The second-order valence-corrected chi connectivity index (χ2v) is 7.84. The lowest BCUT2D eigenvalue weighted by molar-refractivity contribution is 0.0474. The van der Waals surface area contributed by atoms with Crippen LogP contribution in [0, 0.1) is 13.8 Å². The maximum absolute atomic E-state index is 12.7. The first-order valence-corrected chi connectivity index (χ1v) is 9.77. The third kappa shape index (κ3) is 3.50. The molecule has 0 N–H and O–H groups in total. The van der Waals surface area contributed by atoms with E-state index in [1.54, 1.807) is 31.2 Å². The maximum Gasteiger partial charge on any atom is 0.338 e. The number of fused-ring (bicyclic) bond motifs is 1. The summed E-state index contributed by atoms with van der Waals surface area (Å²) in [6, 6.07) is 11.0. The molecule has 150 valence electrons. The summed E-state index contributed by atoms with van der Waals surface area (Å²) in [5, 5.41) is 8.46. The van der Waals surface area contributed by atoms with Gasteiger partial charge in [0.25, 0.3) is 11.8 Å². The predicted molar refractivity (Wildman–Crippen MR) is 108 cm³/mol. The predicted octanol–water partition coefficient (Wildman–Crippen LogP) is 3.00. The Bertz CT molecular complexity index is 1200. The minimum absolute atomic E-state index is 0.0712. The van der Waals surface area contributed by atoms with Gasteiger partial charge in [0.05, 0.1) is 16.7 Å². The van der Waals surface area contributed by atoms with Crippen LogP contribution in [0.2, 0.25) is 0 Å². The molecular formula is C21H15N3O5S. The number of amides is 2. The molecule has 30 heavy (non-hydrogen) atoms. The molecule has 0 saturated carbocycles. The van der Waals surface area contributed by atoms with E-state index in [2.05, 4.69) is 10.2 Å². The zero-order chi connectivity index (χ0) is 21.4. The van der Waals surface area contributed by atoms with Crippen LogP contribution in [0.3, 0.4) is 0 Å². The van der Waals surface area contributed by atoms with E-state index in [0.29, 0.717) is 10.6 Å². The van der Waals surface area contributed by atoms with Gasteiger partial charge in [-0.15, -0.1) is 10.2 Å². The van der Waals surface area contributed by atoms with Crippen molar-refractivity contribution in [2.24, 2.45) is 0 Å². The molecule has 1 aliphatic rings. The van der Waals surface area contributed by atoms with Crippen LogP contribution in [0.15, 0.2) is 42.5 Å². The number of imide groups is 1. The number of ketones is 1. The number of hydrogen-bond acceptors (Lipinski definition) is 8. The average Bonchev–Trinajstić information content (AvgIpc) is 3.27. The number of aromatic nitrogens is 2. The Morgan fingerprint density at radius 3 is 2.27 bits per heavy atom. The third-order valence-corrected chi connectivity index (χ3v) is 5.36. The highest BCUT2D eigenvalue weighted by Crippen LogP contribution is 2.30. The van der Waals surface area contributed by atoms with E-state index < -0.39 is 24.4 Å². The zero-order valence-electron chi connectivity index (χ0n) is 16.0. The molecule has 1 aliphatic heterocycles. The van der Waals surface area contributed by atoms with Crippen molar-refractivity contribution in [3.8, 4) is 0 Å². The Kier molecular flexibility index (Phi) is 4.96. The quantitative estimate of drug-likeness (QED) is 0.354. The van der Waals surface area contributed by atoms with E-state index in [-0.39, 0.29) is 27.6 Å². The number of Topliss-reactive ketones (excluding diaryl/α,β-unsaturated/α-hetero) is 1. The Labute approximate surface area is 175 Å². The summed E-state index contributed by atoms with van der Waals surface area (Å²) in [7, 11) is 0. The Morgan fingerprint density at radius 1 is 0.933 bits per heavy atom. The van der Waals surface area contributed by atoms with E-state index in [1.807, 2.05) is 6.92 Å². The smallest absolute Gasteiger partial charge is 0.338 e. The number of rotatable bonds is 5. The van der Waals surface area contributed by atoms with Crippen LogP contribution in [-0.2, 0) is 4.74 Å². The van der Waals surface area contributed by atoms with Crippen molar-refractivity contribution in [1.29, 1.82) is 0 Å². The van der Waals surface area contributed by atoms with Crippen LogP contribution in [0.1, 0.15) is 52.0 Å². The highest BCUT2D eigenvalue weighted by Gasteiger charge is 2.39. The molecule has 0 bridgehead atoms. The molecule has 0 saturated heterocycles. The largest absolute Gasteiger partial charge is 0.454 e. The zero-order valence-corrected chi connectivity index (χ0v) is 16.9. The molecule has 2 heterocycles. The number of ether oxygens (including phenoxy) is 1. The van der Waals surface area contributed by atoms with Crippen molar-refractivity contribution in [3.05, 3.63) is 75.3 Å². The van der Waals surface area contributed by atoms with Crippen molar-refractivity contribution in [1.82, 2.24) is 10.2 Å². The van der Waals surface area contributed by atoms with Gasteiger partial charge in [-0.3, -0.25) is 14.4 Å². The highest BCUT2D eigenvalue weighted by molar-refractivity contribution is 7.15. The summed E-state index contributed by atoms with van der Waals surface area (Å²) >= 11 is 1.12. The lowest BCUT2D eigenvalue weighted by Crippen LogP contribution is -2.29. The van der Waals surface area contributed by atoms with Crippen molar-refractivity contribution in [2.45, 2.75) is 13.8 Å². The third-order valence-electron chi connectivity index (χ3n) is 4.54. The summed E-state index contributed by atoms with van der Waals surface area (Å²) in [6.45, 7) is 3.19. The number of anilines is 1. The second kappa shape index (κ2) is 7.60. The Morgan fingerprint density at radius 2 is 1.60 bits per heavy atom. The molecule has 9 heteroatoms. The number of benzene rings is 2. The summed E-state index contributed by atoms with van der Waals surface area (Å²) in [5.74, 6) is -2.21. The number of aryl methyl sites for hydroxylation is 2. The first-order chi connectivity index (χ1) is 14.3. The van der Waals surface area contributed by atoms with Crippen molar-refractivity contribution >= 4 is 40.0 Å². The molecule has 0 atom stereocenters. The van der Waals surface area contributed by atoms with Gasteiger partial charge < -0.3 is 4.74 Å². The van der Waals surface area contributed by atoms with Crippen molar-refractivity contribution in [3.63, 3.8) is 0 Å². The van der Waals surface area contributed by atoms with Crippen LogP contribution in [-0.4, -0.2) is 40.4 Å². The van der Waals surface area contributed by atoms with Crippen LogP contribution in [0.4, 0.5) is 5.13 Å². The topological polar surface area (TPSA) is 107 Å². The van der Waals surface area contributed by atoms with Crippen LogP contribution >= 0.6 is 11.3 Å². The Balaban J connectivity index is 1.49. The maximum atomic E-state index is 12.7. The standard InChI is InChI=1S/C21H15N3O5S/c1-11-3-5-13(6-4-11)17(25)10-29-20(28)14-7-8-15-16(9-14)19(27)24(18(15)26)21-23-22-12(2)30-21/h3-9H,10H2,1-2H3. The number of nitrogens with zero attached hydrogens (tertiary/aromatic N) is 3. The molecule has 0 fully saturated rings. The van der Waals surface area contributed by atoms with Gasteiger partial charge in [0.2, 0.25) is 5.13 Å². The number of hydrogen-bond donors (Lipinski definition) is 0. The van der Waals surface area contributed by atoms with Gasteiger partial charge in [-0.05, 0) is 32.0 Å². The van der Waals surface area contributed by atoms with E-state index in [4.69, 9.17) is 4.74 Å². The van der Waals surface area contributed by atoms with Gasteiger partial charge in [0.15, 0.2) is 12.4 Å².